The van der Waals surface area contributed by atoms with Crippen LogP contribution in [0, 0.1) is 5.82 Å². The number of imidazole rings is 1. The van der Waals surface area contributed by atoms with Crippen molar-refractivity contribution in [2.45, 2.75) is 46.1 Å². The molecule has 31 heavy (non-hydrogen) atoms. The SMILES string of the molecule is CCN(C(=O)Nc1c[nH]nc1-c1nc2cc(F)c(CCCCN(C)C)cc2[nH]1)C(C)C. The standard InChI is InChI=1S/C22H32FN7O/c1-6-30(14(2)3)22(31)27-19-13-24-28-20(19)21-25-17-11-15(9-7-8-10-29(4)5)16(23)12-18(17)26-21/h11-14H,6-10H2,1-5H3,(H,24,28)(H,25,26)(H,27,31). The number of aromatic amines is 2. The van der Waals surface area contributed by atoms with Crippen LogP contribution in [0.5, 0.6) is 0 Å². The van der Waals surface area contributed by atoms with Gasteiger partial charge in [-0.2, -0.15) is 5.10 Å². The van der Waals surface area contributed by atoms with E-state index in [1.54, 1.807) is 11.1 Å². The number of fused-ring (bicyclic) bond motifs is 1. The molecular weight excluding hydrogens is 397 g/mol. The van der Waals surface area contributed by atoms with Crippen LogP contribution in [-0.2, 0) is 6.42 Å². The van der Waals surface area contributed by atoms with E-state index in [0.29, 0.717) is 41.3 Å². The topological polar surface area (TPSA) is 92.9 Å². The van der Waals surface area contributed by atoms with Gasteiger partial charge in [-0.05, 0) is 72.3 Å². The molecule has 0 atom stereocenters. The molecule has 0 unspecified atom stereocenters. The second kappa shape index (κ2) is 9.91. The Hall–Kier alpha value is -2.94. The number of carbonyl (C=O) groups excluding carboxylic acids is 1. The fourth-order valence-corrected chi connectivity index (χ4v) is 3.62. The molecule has 0 spiro atoms. The second-order valence-corrected chi connectivity index (χ2v) is 8.26. The van der Waals surface area contributed by atoms with E-state index < -0.39 is 0 Å². The smallest absolute Gasteiger partial charge is 0.322 e. The highest BCUT2D eigenvalue weighted by atomic mass is 19.1. The molecule has 1 aromatic carbocycles. The largest absolute Gasteiger partial charge is 0.337 e. The summed E-state index contributed by atoms with van der Waals surface area (Å²) in [5.41, 5.74) is 2.95. The van der Waals surface area contributed by atoms with Crippen LogP contribution in [0.15, 0.2) is 18.3 Å². The van der Waals surface area contributed by atoms with Crippen LogP contribution in [-0.4, -0.2) is 69.2 Å². The van der Waals surface area contributed by atoms with Crippen molar-refractivity contribution < 1.29 is 9.18 Å². The van der Waals surface area contributed by atoms with E-state index in [1.165, 1.54) is 6.07 Å². The van der Waals surface area contributed by atoms with Gasteiger partial charge in [0.25, 0.3) is 0 Å². The van der Waals surface area contributed by atoms with Gasteiger partial charge >= 0.3 is 6.03 Å². The van der Waals surface area contributed by atoms with Gasteiger partial charge in [-0.3, -0.25) is 5.10 Å². The Kier molecular flexibility index (Phi) is 7.27. The minimum Gasteiger partial charge on any atom is -0.337 e. The van der Waals surface area contributed by atoms with Crippen LogP contribution in [0.4, 0.5) is 14.9 Å². The van der Waals surface area contributed by atoms with Crippen LogP contribution >= 0.6 is 0 Å². The third-order valence-corrected chi connectivity index (χ3v) is 5.28. The first-order valence-corrected chi connectivity index (χ1v) is 10.7. The van der Waals surface area contributed by atoms with Crippen molar-refractivity contribution in [1.29, 1.82) is 0 Å². The van der Waals surface area contributed by atoms with Crippen molar-refractivity contribution in [2.24, 2.45) is 0 Å². The molecule has 2 aromatic heterocycles. The van der Waals surface area contributed by atoms with E-state index in [1.807, 2.05) is 40.9 Å². The fourth-order valence-electron chi connectivity index (χ4n) is 3.62. The van der Waals surface area contributed by atoms with Gasteiger partial charge in [0.1, 0.15) is 5.82 Å². The van der Waals surface area contributed by atoms with Gasteiger partial charge in [0.15, 0.2) is 11.5 Å². The van der Waals surface area contributed by atoms with Gasteiger partial charge in [0.2, 0.25) is 0 Å². The number of anilines is 1. The maximum absolute atomic E-state index is 14.6. The van der Waals surface area contributed by atoms with E-state index in [-0.39, 0.29) is 17.9 Å². The first-order chi connectivity index (χ1) is 14.8. The zero-order valence-corrected chi connectivity index (χ0v) is 18.9. The van der Waals surface area contributed by atoms with Crippen LogP contribution in [0.25, 0.3) is 22.6 Å². The van der Waals surface area contributed by atoms with Gasteiger partial charge in [0, 0.05) is 24.8 Å². The molecule has 3 rings (SSSR count). The summed E-state index contributed by atoms with van der Waals surface area (Å²) < 4.78 is 14.6. The summed E-state index contributed by atoms with van der Waals surface area (Å²) in [5.74, 6) is 0.227. The molecular formula is C22H32FN7O. The van der Waals surface area contributed by atoms with Gasteiger partial charge in [-0.1, -0.05) is 0 Å². The molecule has 0 saturated heterocycles. The molecule has 168 valence electrons. The van der Waals surface area contributed by atoms with Crippen molar-refractivity contribution in [3.8, 4) is 11.5 Å². The molecule has 0 radical (unpaired) electrons. The predicted molar refractivity (Wildman–Crippen MR) is 122 cm³/mol. The van der Waals surface area contributed by atoms with E-state index >= 15 is 0 Å². The van der Waals surface area contributed by atoms with Crippen molar-refractivity contribution in [2.75, 3.05) is 32.5 Å². The third kappa shape index (κ3) is 5.41. The Balaban J connectivity index is 1.80. The summed E-state index contributed by atoms with van der Waals surface area (Å²) >= 11 is 0. The molecule has 0 aliphatic heterocycles. The van der Waals surface area contributed by atoms with Crippen LogP contribution in [0.1, 0.15) is 39.2 Å². The highest BCUT2D eigenvalue weighted by molar-refractivity contribution is 5.93. The number of aryl methyl sites for hydroxylation is 1. The number of amides is 2. The lowest BCUT2D eigenvalue weighted by atomic mass is 10.1. The fraction of sp³-hybridized carbons (Fsp3) is 0.500. The van der Waals surface area contributed by atoms with Crippen molar-refractivity contribution in [3.63, 3.8) is 0 Å². The average molecular weight is 430 g/mol. The number of benzene rings is 1. The maximum atomic E-state index is 14.6. The van der Waals surface area contributed by atoms with E-state index in [9.17, 15) is 9.18 Å². The lowest BCUT2D eigenvalue weighted by Crippen LogP contribution is -2.39. The number of nitrogens with one attached hydrogen (secondary N) is 3. The maximum Gasteiger partial charge on any atom is 0.322 e. The minimum atomic E-state index is -0.249. The molecule has 3 N–H and O–H groups in total. The Labute approximate surface area is 182 Å². The van der Waals surface area contributed by atoms with Crippen LogP contribution < -0.4 is 5.32 Å². The summed E-state index contributed by atoms with van der Waals surface area (Å²) in [4.78, 5) is 24.1. The van der Waals surface area contributed by atoms with Crippen LogP contribution in [0.2, 0.25) is 0 Å². The Morgan fingerprint density at radius 1 is 1.26 bits per heavy atom. The number of rotatable bonds is 9. The van der Waals surface area contributed by atoms with Crippen molar-refractivity contribution >= 4 is 22.8 Å². The van der Waals surface area contributed by atoms with Crippen LogP contribution in [0.3, 0.4) is 0 Å². The summed E-state index contributed by atoms with van der Waals surface area (Å²) in [6.45, 7) is 7.44. The number of hydrogen-bond donors (Lipinski definition) is 3. The number of halogens is 1. The molecule has 0 fully saturated rings. The van der Waals surface area contributed by atoms with E-state index in [4.69, 9.17) is 0 Å². The quantitative estimate of drug-likeness (QED) is 0.444. The number of hydrogen-bond acceptors (Lipinski definition) is 4. The summed E-state index contributed by atoms with van der Waals surface area (Å²) in [7, 11) is 4.07. The number of unbranched alkanes of at least 4 members (excludes halogenated alkanes) is 1. The first kappa shape index (κ1) is 22.7. The Morgan fingerprint density at radius 2 is 2.03 bits per heavy atom. The number of urea groups is 1. The normalized spacial score (nSPS) is 11.6. The first-order valence-electron chi connectivity index (χ1n) is 10.7. The van der Waals surface area contributed by atoms with E-state index in [0.717, 1.165) is 24.9 Å². The number of aromatic nitrogens is 4. The number of carbonyl (C=O) groups is 1. The molecule has 3 aromatic rings. The molecule has 0 saturated carbocycles. The molecule has 2 amide bonds. The monoisotopic (exact) mass is 429 g/mol. The summed E-state index contributed by atoms with van der Waals surface area (Å²) in [5, 5.41) is 9.90. The number of H-pyrrole nitrogens is 2. The molecule has 2 heterocycles. The van der Waals surface area contributed by atoms with Crippen molar-refractivity contribution in [1.82, 2.24) is 30.0 Å². The minimum absolute atomic E-state index is 0.0747. The van der Waals surface area contributed by atoms with Gasteiger partial charge in [-0.25, -0.2) is 14.2 Å². The van der Waals surface area contributed by atoms with Gasteiger partial charge < -0.3 is 20.1 Å². The summed E-state index contributed by atoms with van der Waals surface area (Å²) in [6, 6.07) is 3.14. The molecule has 0 aliphatic carbocycles. The highest BCUT2D eigenvalue weighted by Crippen LogP contribution is 2.27. The third-order valence-electron chi connectivity index (χ3n) is 5.28. The molecule has 0 bridgehead atoms. The Morgan fingerprint density at radius 3 is 2.71 bits per heavy atom. The lowest BCUT2D eigenvalue weighted by Gasteiger charge is -2.25. The second-order valence-electron chi connectivity index (χ2n) is 8.26. The Bertz CT molecular complexity index is 1020. The number of nitrogens with zero attached hydrogens (tertiary/aromatic N) is 4. The van der Waals surface area contributed by atoms with E-state index in [2.05, 4.69) is 30.4 Å². The summed E-state index contributed by atoms with van der Waals surface area (Å²) in [6.07, 6.45) is 4.22. The molecule has 9 heteroatoms. The van der Waals surface area contributed by atoms with Gasteiger partial charge in [0.05, 0.1) is 16.7 Å². The van der Waals surface area contributed by atoms with Gasteiger partial charge in [-0.15, -0.1) is 0 Å². The predicted octanol–water partition coefficient (Wildman–Crippen LogP) is 4.24. The highest BCUT2D eigenvalue weighted by Gasteiger charge is 2.20. The zero-order valence-electron chi connectivity index (χ0n) is 18.9. The average Bonchev–Trinajstić information content (AvgIpc) is 3.31. The lowest BCUT2D eigenvalue weighted by molar-refractivity contribution is 0.201. The zero-order chi connectivity index (χ0) is 22.5. The molecule has 8 nitrogen and oxygen atoms in total. The molecule has 0 aliphatic rings. The van der Waals surface area contributed by atoms with Crippen molar-refractivity contribution in [3.05, 3.63) is 29.7 Å².